The molecule has 0 amide bonds. The van der Waals surface area contributed by atoms with Gasteiger partial charge in [-0.15, -0.1) is 0 Å². The number of anilines is 2. The van der Waals surface area contributed by atoms with E-state index in [-0.39, 0.29) is 0 Å². The van der Waals surface area contributed by atoms with Crippen LogP contribution in [0.4, 0.5) is 11.6 Å². The quantitative estimate of drug-likeness (QED) is 0.788. The van der Waals surface area contributed by atoms with Crippen LogP contribution in [-0.4, -0.2) is 22.6 Å². The van der Waals surface area contributed by atoms with Crippen LogP contribution in [-0.2, 0) is 0 Å². The molecule has 19 heavy (non-hydrogen) atoms. The van der Waals surface area contributed by atoms with Gasteiger partial charge in [0.2, 0.25) is 0 Å². The van der Waals surface area contributed by atoms with Crippen molar-refractivity contribution in [1.29, 1.82) is 0 Å². The second kappa shape index (κ2) is 6.22. The molecule has 4 nitrogen and oxygen atoms in total. The number of aromatic nitrogens is 2. The molecule has 2 N–H and O–H groups in total. The molecule has 4 heteroatoms. The molecule has 0 aliphatic heterocycles. The minimum Gasteiger partial charge on any atom is -0.370 e. The maximum absolute atomic E-state index is 4.63. The second-order valence-electron chi connectivity index (χ2n) is 5.72. The van der Waals surface area contributed by atoms with E-state index in [0.717, 1.165) is 29.9 Å². The first-order valence-corrected chi connectivity index (χ1v) is 7.53. The molecule has 2 atom stereocenters. The van der Waals surface area contributed by atoms with E-state index < -0.39 is 0 Å². The molecule has 1 heterocycles. The van der Waals surface area contributed by atoms with Crippen LogP contribution in [0.5, 0.6) is 0 Å². The van der Waals surface area contributed by atoms with Crippen LogP contribution >= 0.6 is 0 Å². The zero-order chi connectivity index (χ0) is 13.8. The Labute approximate surface area is 116 Å². The van der Waals surface area contributed by atoms with Crippen molar-refractivity contribution in [1.82, 2.24) is 9.97 Å². The fourth-order valence-corrected chi connectivity index (χ4v) is 2.37. The minimum absolute atomic E-state index is 0.352. The van der Waals surface area contributed by atoms with Crippen LogP contribution in [0.25, 0.3) is 0 Å². The molecule has 1 aromatic heterocycles. The Balaban J connectivity index is 2.06. The Morgan fingerprint density at radius 2 is 2.00 bits per heavy atom. The van der Waals surface area contributed by atoms with E-state index in [0.29, 0.717) is 12.0 Å². The topological polar surface area (TPSA) is 49.8 Å². The van der Waals surface area contributed by atoms with Crippen molar-refractivity contribution < 1.29 is 0 Å². The first-order chi connectivity index (χ1) is 9.13. The van der Waals surface area contributed by atoms with Crippen LogP contribution < -0.4 is 10.6 Å². The minimum atomic E-state index is 0.352. The van der Waals surface area contributed by atoms with E-state index in [2.05, 4.69) is 48.3 Å². The monoisotopic (exact) mass is 262 g/mol. The van der Waals surface area contributed by atoms with Gasteiger partial charge in [-0.1, -0.05) is 27.2 Å². The highest BCUT2D eigenvalue weighted by molar-refractivity contribution is 5.49. The summed E-state index contributed by atoms with van der Waals surface area (Å²) in [5.74, 6) is 4.00. The first kappa shape index (κ1) is 14.1. The molecule has 0 spiro atoms. The molecule has 1 aliphatic carbocycles. The van der Waals surface area contributed by atoms with E-state index in [4.69, 9.17) is 0 Å². The fourth-order valence-electron chi connectivity index (χ4n) is 2.37. The van der Waals surface area contributed by atoms with Crippen molar-refractivity contribution in [2.75, 3.05) is 17.2 Å². The first-order valence-electron chi connectivity index (χ1n) is 7.53. The summed E-state index contributed by atoms with van der Waals surface area (Å²) >= 11 is 0. The second-order valence-corrected chi connectivity index (χ2v) is 5.72. The Hall–Kier alpha value is -1.32. The van der Waals surface area contributed by atoms with E-state index in [9.17, 15) is 0 Å². The summed E-state index contributed by atoms with van der Waals surface area (Å²) in [6, 6.07) is 2.64. The van der Waals surface area contributed by atoms with Gasteiger partial charge in [0, 0.05) is 24.6 Å². The van der Waals surface area contributed by atoms with Gasteiger partial charge in [0.1, 0.15) is 17.5 Å². The molecule has 0 saturated heterocycles. The van der Waals surface area contributed by atoms with Crippen molar-refractivity contribution in [3.05, 3.63) is 11.9 Å². The number of hydrogen-bond donors (Lipinski definition) is 2. The highest BCUT2D eigenvalue weighted by Gasteiger charge is 2.36. The van der Waals surface area contributed by atoms with Gasteiger partial charge in [-0.05, 0) is 25.7 Å². The van der Waals surface area contributed by atoms with Gasteiger partial charge in [0.05, 0.1) is 0 Å². The summed E-state index contributed by atoms with van der Waals surface area (Å²) in [5, 5.41) is 6.84. The van der Waals surface area contributed by atoms with Crippen molar-refractivity contribution >= 4 is 11.6 Å². The maximum Gasteiger partial charge on any atom is 0.135 e. The van der Waals surface area contributed by atoms with Crippen LogP contribution in [0.3, 0.4) is 0 Å². The molecule has 2 unspecified atom stereocenters. The number of nitrogens with one attached hydrogen (secondary N) is 2. The molecule has 1 saturated carbocycles. The SMILES string of the molecule is CCCC1CC1Nc1cc(NCC)nc(C(C)C)n1. The maximum atomic E-state index is 4.63. The molecule has 0 bridgehead atoms. The largest absolute Gasteiger partial charge is 0.370 e. The lowest BCUT2D eigenvalue weighted by atomic mass is 10.2. The number of nitrogens with zero attached hydrogens (tertiary/aromatic N) is 2. The zero-order valence-electron chi connectivity index (χ0n) is 12.5. The third kappa shape index (κ3) is 3.82. The van der Waals surface area contributed by atoms with Gasteiger partial charge in [-0.25, -0.2) is 9.97 Å². The molecule has 0 aromatic carbocycles. The lowest BCUT2D eigenvalue weighted by molar-refractivity contribution is 0.691. The summed E-state index contributed by atoms with van der Waals surface area (Å²) < 4.78 is 0. The lowest BCUT2D eigenvalue weighted by Gasteiger charge is -2.12. The van der Waals surface area contributed by atoms with Crippen molar-refractivity contribution in [3.63, 3.8) is 0 Å². The van der Waals surface area contributed by atoms with Crippen LogP contribution in [0, 0.1) is 5.92 Å². The standard InChI is InChI=1S/C15H26N4/c1-5-7-11-8-12(11)17-14-9-13(16-6-2)18-15(19-14)10(3)4/h9-12H,5-8H2,1-4H3,(H2,16,17,18,19). The zero-order valence-corrected chi connectivity index (χ0v) is 12.5. The summed E-state index contributed by atoms with van der Waals surface area (Å²) in [4.78, 5) is 9.17. The normalized spacial score (nSPS) is 21.5. The van der Waals surface area contributed by atoms with Gasteiger partial charge < -0.3 is 10.6 Å². The smallest absolute Gasteiger partial charge is 0.135 e. The molecule has 1 aliphatic rings. The summed E-state index contributed by atoms with van der Waals surface area (Å²) in [5.41, 5.74) is 0. The molecule has 1 fully saturated rings. The average molecular weight is 262 g/mol. The van der Waals surface area contributed by atoms with Gasteiger partial charge in [0.25, 0.3) is 0 Å². The summed E-state index contributed by atoms with van der Waals surface area (Å²) in [6.45, 7) is 9.48. The Morgan fingerprint density at radius 3 is 2.63 bits per heavy atom. The fraction of sp³-hybridized carbons (Fsp3) is 0.733. The average Bonchev–Trinajstić information content (AvgIpc) is 3.07. The molecule has 106 valence electrons. The molecule has 0 radical (unpaired) electrons. The number of rotatable bonds is 7. The predicted octanol–water partition coefficient (Wildman–Crippen LogP) is 3.63. The van der Waals surface area contributed by atoms with Gasteiger partial charge in [-0.2, -0.15) is 0 Å². The lowest BCUT2D eigenvalue weighted by Crippen LogP contribution is -2.11. The van der Waals surface area contributed by atoms with E-state index in [1.54, 1.807) is 0 Å². The molecule has 1 aromatic rings. The number of hydrogen-bond acceptors (Lipinski definition) is 4. The van der Waals surface area contributed by atoms with Crippen LogP contribution in [0.2, 0.25) is 0 Å². The van der Waals surface area contributed by atoms with E-state index >= 15 is 0 Å². The predicted molar refractivity (Wildman–Crippen MR) is 80.7 cm³/mol. The summed E-state index contributed by atoms with van der Waals surface area (Å²) in [7, 11) is 0. The van der Waals surface area contributed by atoms with Crippen molar-refractivity contribution in [2.24, 2.45) is 5.92 Å². The van der Waals surface area contributed by atoms with Gasteiger partial charge in [0.15, 0.2) is 0 Å². The Morgan fingerprint density at radius 1 is 1.26 bits per heavy atom. The molecule has 2 rings (SSSR count). The Kier molecular flexibility index (Phi) is 4.61. The van der Waals surface area contributed by atoms with Crippen molar-refractivity contribution in [2.45, 2.75) is 58.9 Å². The third-order valence-electron chi connectivity index (χ3n) is 3.53. The van der Waals surface area contributed by atoms with Crippen LogP contribution in [0.15, 0.2) is 6.07 Å². The summed E-state index contributed by atoms with van der Waals surface area (Å²) in [6.07, 6.45) is 3.87. The van der Waals surface area contributed by atoms with Gasteiger partial charge in [-0.3, -0.25) is 0 Å². The van der Waals surface area contributed by atoms with E-state index in [1.807, 2.05) is 6.07 Å². The highest BCUT2D eigenvalue weighted by atomic mass is 15.1. The van der Waals surface area contributed by atoms with Crippen molar-refractivity contribution in [3.8, 4) is 0 Å². The van der Waals surface area contributed by atoms with Crippen LogP contribution in [0.1, 0.15) is 58.7 Å². The Bertz CT molecular complexity index is 417. The third-order valence-corrected chi connectivity index (χ3v) is 3.53. The molecular weight excluding hydrogens is 236 g/mol. The van der Waals surface area contributed by atoms with E-state index in [1.165, 1.54) is 19.3 Å². The van der Waals surface area contributed by atoms with Gasteiger partial charge >= 0.3 is 0 Å². The molecular formula is C15H26N4. The highest BCUT2D eigenvalue weighted by Crippen LogP contribution is 2.37.